The van der Waals surface area contributed by atoms with Crippen LogP contribution in [0.15, 0.2) is 57.7 Å². The summed E-state index contributed by atoms with van der Waals surface area (Å²) in [7, 11) is 0. The molecule has 0 spiro atoms. The van der Waals surface area contributed by atoms with Crippen LogP contribution in [0, 0.1) is 0 Å². The molecular weight excluding hydrogens is 318 g/mol. The van der Waals surface area contributed by atoms with Gasteiger partial charge in [-0.25, -0.2) is 4.79 Å². The smallest absolute Gasteiger partial charge is 0.408 e. The van der Waals surface area contributed by atoms with Crippen LogP contribution in [0.3, 0.4) is 0 Å². The van der Waals surface area contributed by atoms with Crippen LogP contribution in [0.25, 0.3) is 11.1 Å². The predicted molar refractivity (Wildman–Crippen MR) is 95.3 cm³/mol. The minimum Gasteiger partial charge on any atom is -0.408 e. The molecule has 0 saturated carbocycles. The van der Waals surface area contributed by atoms with E-state index in [9.17, 15) is 9.59 Å². The van der Waals surface area contributed by atoms with E-state index in [0.717, 1.165) is 25.9 Å². The van der Waals surface area contributed by atoms with Gasteiger partial charge in [0.15, 0.2) is 5.58 Å². The zero-order chi connectivity index (χ0) is 17.2. The van der Waals surface area contributed by atoms with Crippen LogP contribution in [0.2, 0.25) is 0 Å². The number of anilines is 1. The summed E-state index contributed by atoms with van der Waals surface area (Å²) in [5.74, 6) is -0.512. The summed E-state index contributed by atoms with van der Waals surface area (Å²) in [5.41, 5.74) is 2.92. The number of fused-ring (bicyclic) bond motifs is 1. The lowest BCUT2D eigenvalue weighted by Crippen LogP contribution is -2.39. The predicted octanol–water partition coefficient (Wildman–Crippen LogP) is 2.72. The maximum atomic E-state index is 12.7. The molecule has 1 unspecified atom stereocenters. The highest BCUT2D eigenvalue weighted by atomic mass is 16.4. The molecule has 3 aromatic rings. The molecule has 0 radical (unpaired) electrons. The van der Waals surface area contributed by atoms with E-state index in [4.69, 9.17) is 4.42 Å². The molecule has 2 N–H and O–H groups in total. The largest absolute Gasteiger partial charge is 0.417 e. The van der Waals surface area contributed by atoms with Crippen molar-refractivity contribution in [2.24, 2.45) is 0 Å². The van der Waals surface area contributed by atoms with Crippen molar-refractivity contribution in [1.82, 2.24) is 9.88 Å². The Morgan fingerprint density at radius 2 is 2.08 bits per heavy atom. The first-order valence-corrected chi connectivity index (χ1v) is 8.41. The fourth-order valence-electron chi connectivity index (χ4n) is 3.39. The topological polar surface area (TPSA) is 78.3 Å². The number of carbonyl (C=O) groups is 1. The first kappa shape index (κ1) is 15.7. The Balaban J connectivity index is 1.47. The summed E-state index contributed by atoms with van der Waals surface area (Å²) in [6.45, 7) is 1.69. The van der Waals surface area contributed by atoms with Crippen LogP contribution in [-0.4, -0.2) is 28.4 Å². The van der Waals surface area contributed by atoms with Gasteiger partial charge in [0, 0.05) is 12.2 Å². The second-order valence-electron chi connectivity index (χ2n) is 6.33. The van der Waals surface area contributed by atoms with Gasteiger partial charge in [0.2, 0.25) is 5.91 Å². The van der Waals surface area contributed by atoms with Crippen LogP contribution >= 0.6 is 0 Å². The lowest BCUT2D eigenvalue weighted by atomic mass is 10.1. The number of nitrogens with one attached hydrogen (secondary N) is 2. The van der Waals surface area contributed by atoms with E-state index in [1.807, 2.05) is 18.2 Å². The molecule has 128 valence electrons. The molecule has 25 heavy (non-hydrogen) atoms. The highest BCUT2D eigenvalue weighted by Gasteiger charge is 2.30. The van der Waals surface area contributed by atoms with Gasteiger partial charge in [-0.1, -0.05) is 30.3 Å². The molecule has 1 aliphatic heterocycles. The molecule has 6 heteroatoms. The molecule has 6 nitrogen and oxygen atoms in total. The average molecular weight is 337 g/mol. The van der Waals surface area contributed by atoms with E-state index < -0.39 is 5.76 Å². The van der Waals surface area contributed by atoms with Crippen molar-refractivity contribution in [3.63, 3.8) is 0 Å². The Morgan fingerprint density at radius 1 is 1.24 bits per heavy atom. The van der Waals surface area contributed by atoms with Crippen molar-refractivity contribution in [2.75, 3.05) is 11.9 Å². The second kappa shape index (κ2) is 6.57. The van der Waals surface area contributed by atoms with Gasteiger partial charge >= 0.3 is 5.76 Å². The number of nitrogens with zero attached hydrogens (tertiary/aromatic N) is 1. The molecule has 2 heterocycles. The molecule has 1 saturated heterocycles. The number of oxazole rings is 1. The zero-order valence-corrected chi connectivity index (χ0v) is 13.7. The number of hydrogen-bond acceptors (Lipinski definition) is 4. The van der Waals surface area contributed by atoms with E-state index in [1.165, 1.54) is 5.56 Å². The number of aromatic amines is 1. The minimum absolute atomic E-state index is 0.0152. The summed E-state index contributed by atoms with van der Waals surface area (Å²) in [6.07, 6.45) is 1.86. The van der Waals surface area contributed by atoms with Gasteiger partial charge in [0.25, 0.3) is 0 Å². The summed E-state index contributed by atoms with van der Waals surface area (Å²) in [4.78, 5) is 28.8. The van der Waals surface area contributed by atoms with Crippen molar-refractivity contribution in [3.8, 4) is 0 Å². The third-order valence-electron chi connectivity index (χ3n) is 4.58. The van der Waals surface area contributed by atoms with Crippen molar-refractivity contribution in [3.05, 3.63) is 64.6 Å². The van der Waals surface area contributed by atoms with E-state index >= 15 is 0 Å². The van der Waals surface area contributed by atoms with Crippen molar-refractivity contribution in [2.45, 2.75) is 25.4 Å². The van der Waals surface area contributed by atoms with Gasteiger partial charge in [-0.2, -0.15) is 0 Å². The van der Waals surface area contributed by atoms with Crippen LogP contribution in [0.5, 0.6) is 0 Å². The number of amides is 1. The Labute approximate surface area is 144 Å². The molecule has 1 atom stereocenters. The van der Waals surface area contributed by atoms with Gasteiger partial charge in [0.05, 0.1) is 11.6 Å². The van der Waals surface area contributed by atoms with E-state index in [-0.39, 0.29) is 11.9 Å². The average Bonchev–Trinajstić information content (AvgIpc) is 3.21. The molecule has 0 aliphatic carbocycles. The number of likely N-dealkylation sites (tertiary alicyclic amines) is 1. The summed E-state index contributed by atoms with van der Waals surface area (Å²) in [6, 6.07) is 15.2. The summed E-state index contributed by atoms with van der Waals surface area (Å²) in [5, 5.41) is 2.96. The van der Waals surface area contributed by atoms with Gasteiger partial charge in [-0.15, -0.1) is 0 Å². The van der Waals surface area contributed by atoms with Crippen molar-refractivity contribution < 1.29 is 9.21 Å². The van der Waals surface area contributed by atoms with Crippen LogP contribution in [0.4, 0.5) is 5.69 Å². The van der Waals surface area contributed by atoms with Gasteiger partial charge in [-0.05, 0) is 43.1 Å². The molecule has 0 bridgehead atoms. The third-order valence-corrected chi connectivity index (χ3v) is 4.58. The van der Waals surface area contributed by atoms with Crippen LogP contribution < -0.4 is 11.1 Å². The molecule has 1 aromatic heterocycles. The number of carbonyl (C=O) groups excluding carboxylic acids is 1. The Bertz CT molecular complexity index is 945. The second-order valence-corrected chi connectivity index (χ2v) is 6.33. The highest BCUT2D eigenvalue weighted by molar-refractivity contribution is 5.96. The number of H-pyrrole nitrogens is 1. The number of aromatic nitrogens is 1. The molecule has 1 amide bonds. The summed E-state index contributed by atoms with van der Waals surface area (Å²) >= 11 is 0. The fourth-order valence-corrected chi connectivity index (χ4v) is 3.39. The Hall–Kier alpha value is -2.86. The minimum atomic E-state index is -0.497. The molecule has 4 rings (SSSR count). The molecule has 1 fully saturated rings. The van der Waals surface area contributed by atoms with Crippen LogP contribution in [-0.2, 0) is 11.3 Å². The monoisotopic (exact) mass is 337 g/mol. The van der Waals surface area contributed by atoms with Crippen LogP contribution in [0.1, 0.15) is 18.4 Å². The molecule has 1 aliphatic rings. The van der Waals surface area contributed by atoms with Crippen molar-refractivity contribution in [1.29, 1.82) is 0 Å². The zero-order valence-electron chi connectivity index (χ0n) is 13.7. The van der Waals surface area contributed by atoms with E-state index in [2.05, 4.69) is 27.3 Å². The lowest BCUT2D eigenvalue weighted by Gasteiger charge is -2.23. The summed E-state index contributed by atoms with van der Waals surface area (Å²) < 4.78 is 4.98. The van der Waals surface area contributed by atoms with Gasteiger partial charge in [0.1, 0.15) is 0 Å². The normalized spacial score (nSPS) is 17.8. The van der Waals surface area contributed by atoms with Crippen molar-refractivity contribution >= 4 is 22.7 Å². The first-order chi connectivity index (χ1) is 12.2. The number of rotatable bonds is 4. The maximum absolute atomic E-state index is 12.7. The molecule has 2 aromatic carbocycles. The standard InChI is InChI=1S/C19H19N3O3/c23-18(20-14-8-9-17-15(11-14)21-19(24)25-17)16-7-4-10-22(16)12-13-5-2-1-3-6-13/h1-3,5-6,8-9,11,16H,4,7,10,12H2,(H,20,23)(H,21,24). The SMILES string of the molecule is O=C(Nc1ccc2oc(=O)[nH]c2c1)C1CCCN1Cc1ccccc1. The Kier molecular flexibility index (Phi) is 4.11. The molecular formula is C19H19N3O3. The quantitative estimate of drug-likeness (QED) is 0.767. The van der Waals surface area contributed by atoms with E-state index in [0.29, 0.717) is 16.8 Å². The van der Waals surface area contributed by atoms with E-state index in [1.54, 1.807) is 18.2 Å². The van der Waals surface area contributed by atoms with Gasteiger partial charge in [-0.3, -0.25) is 14.7 Å². The number of benzene rings is 2. The number of hydrogen-bond donors (Lipinski definition) is 2. The van der Waals surface area contributed by atoms with Gasteiger partial charge < -0.3 is 9.73 Å². The Morgan fingerprint density at radius 3 is 2.92 bits per heavy atom. The lowest BCUT2D eigenvalue weighted by molar-refractivity contribution is -0.120. The first-order valence-electron chi connectivity index (χ1n) is 8.41. The highest BCUT2D eigenvalue weighted by Crippen LogP contribution is 2.22. The third kappa shape index (κ3) is 3.34. The fraction of sp³-hybridized carbons (Fsp3) is 0.263. The maximum Gasteiger partial charge on any atom is 0.417 e.